The summed E-state index contributed by atoms with van der Waals surface area (Å²) >= 11 is 0. The number of anilines is 1. The molecule has 2 rings (SSSR count). The lowest BCUT2D eigenvalue weighted by Crippen LogP contribution is -2.28. The quantitative estimate of drug-likeness (QED) is 0.840. The van der Waals surface area contributed by atoms with Crippen molar-refractivity contribution >= 4 is 11.7 Å². The molecule has 7 heteroatoms. The molecule has 0 atom stereocenters. The Kier molecular flexibility index (Phi) is 4.07. The summed E-state index contributed by atoms with van der Waals surface area (Å²) in [6.45, 7) is 0.904. The number of aromatic nitrogens is 3. The van der Waals surface area contributed by atoms with E-state index in [0.717, 1.165) is 0 Å². The van der Waals surface area contributed by atoms with E-state index in [1.54, 1.807) is 30.2 Å². The Morgan fingerprint density at radius 1 is 1.47 bits per heavy atom. The van der Waals surface area contributed by atoms with Gasteiger partial charge in [0.25, 0.3) is 5.91 Å². The van der Waals surface area contributed by atoms with Crippen LogP contribution in [0.4, 0.5) is 10.2 Å². The Hall–Kier alpha value is -2.44. The maximum Gasteiger partial charge on any atom is 0.254 e. The third-order valence-electron chi connectivity index (χ3n) is 2.56. The van der Waals surface area contributed by atoms with Crippen LogP contribution < -0.4 is 10.6 Å². The number of carbonyl (C=O) groups is 1. The van der Waals surface area contributed by atoms with Gasteiger partial charge in [0.1, 0.15) is 0 Å². The minimum atomic E-state index is -0.651. The lowest BCUT2D eigenvalue weighted by atomic mass is 10.2. The molecule has 1 amide bonds. The maximum atomic E-state index is 13.8. The molecule has 2 aromatic rings. The smallest absolute Gasteiger partial charge is 0.254 e. The molecule has 0 unspecified atom stereocenters. The van der Waals surface area contributed by atoms with Crippen molar-refractivity contribution in [2.24, 2.45) is 0 Å². The second kappa shape index (κ2) is 5.94. The van der Waals surface area contributed by atoms with E-state index < -0.39 is 11.7 Å². The van der Waals surface area contributed by atoms with Crippen LogP contribution in [-0.2, 0) is 6.54 Å². The first kappa shape index (κ1) is 13.0. The van der Waals surface area contributed by atoms with Crippen LogP contribution in [0, 0.1) is 5.82 Å². The Morgan fingerprint density at radius 2 is 2.32 bits per heavy atom. The van der Waals surface area contributed by atoms with Gasteiger partial charge in [0, 0.05) is 32.2 Å². The number of carbonyl (C=O) groups excluding carboxylic acids is 1. The first-order valence-corrected chi connectivity index (χ1v) is 5.80. The van der Waals surface area contributed by atoms with Gasteiger partial charge in [0.2, 0.25) is 0 Å². The minimum Gasteiger partial charge on any atom is -0.371 e. The summed E-state index contributed by atoms with van der Waals surface area (Å²) < 4.78 is 15.5. The molecule has 100 valence electrons. The summed E-state index contributed by atoms with van der Waals surface area (Å²) in [5.41, 5.74) is -0.0279. The van der Waals surface area contributed by atoms with Crippen LogP contribution in [0.15, 0.2) is 30.7 Å². The van der Waals surface area contributed by atoms with Crippen LogP contribution in [0.25, 0.3) is 0 Å². The summed E-state index contributed by atoms with van der Waals surface area (Å²) in [5.74, 6) is -1.06. The standard InChI is InChI=1S/C12H14FN5O/c1-14-11-10(13)9(3-5-15-11)12(19)16-6-8-18-7-2-4-17-18/h2-5,7H,6,8H2,1H3,(H,14,15)(H,16,19). The predicted molar refractivity (Wildman–Crippen MR) is 68.3 cm³/mol. The average Bonchev–Trinajstić information content (AvgIpc) is 2.92. The van der Waals surface area contributed by atoms with Crippen molar-refractivity contribution in [1.82, 2.24) is 20.1 Å². The summed E-state index contributed by atoms with van der Waals surface area (Å²) in [6, 6.07) is 3.14. The Labute approximate surface area is 109 Å². The highest BCUT2D eigenvalue weighted by Gasteiger charge is 2.14. The van der Waals surface area contributed by atoms with Crippen molar-refractivity contribution in [3.63, 3.8) is 0 Å². The largest absolute Gasteiger partial charge is 0.371 e. The summed E-state index contributed by atoms with van der Waals surface area (Å²) in [5, 5.41) is 9.22. The van der Waals surface area contributed by atoms with Crippen molar-refractivity contribution in [1.29, 1.82) is 0 Å². The van der Waals surface area contributed by atoms with Gasteiger partial charge in [-0.05, 0) is 12.1 Å². The third kappa shape index (κ3) is 3.06. The molecule has 0 aromatic carbocycles. The first-order chi connectivity index (χ1) is 9.22. The molecule has 0 fully saturated rings. The van der Waals surface area contributed by atoms with Crippen LogP contribution in [0.5, 0.6) is 0 Å². The van der Waals surface area contributed by atoms with Gasteiger partial charge in [0.05, 0.1) is 12.1 Å². The highest BCUT2D eigenvalue weighted by atomic mass is 19.1. The molecule has 0 saturated carbocycles. The number of hydrogen-bond acceptors (Lipinski definition) is 4. The molecule has 2 N–H and O–H groups in total. The van der Waals surface area contributed by atoms with Crippen LogP contribution in [0.2, 0.25) is 0 Å². The van der Waals surface area contributed by atoms with E-state index in [1.807, 2.05) is 0 Å². The lowest BCUT2D eigenvalue weighted by molar-refractivity contribution is 0.0948. The molecule has 0 spiro atoms. The van der Waals surface area contributed by atoms with Gasteiger partial charge in [-0.3, -0.25) is 9.48 Å². The Bertz CT molecular complexity index is 555. The van der Waals surface area contributed by atoms with Gasteiger partial charge in [-0.25, -0.2) is 9.37 Å². The molecule has 0 aliphatic rings. The fourth-order valence-electron chi connectivity index (χ4n) is 1.61. The second-order valence-corrected chi connectivity index (χ2v) is 3.80. The first-order valence-electron chi connectivity index (χ1n) is 5.80. The molecule has 2 heterocycles. The van der Waals surface area contributed by atoms with Crippen LogP contribution in [-0.4, -0.2) is 34.3 Å². The fourth-order valence-corrected chi connectivity index (χ4v) is 1.61. The number of rotatable bonds is 5. The summed E-state index contributed by atoms with van der Waals surface area (Å²) in [4.78, 5) is 15.6. The molecular weight excluding hydrogens is 249 g/mol. The van der Waals surface area contributed by atoms with Gasteiger partial charge < -0.3 is 10.6 Å². The molecule has 6 nitrogen and oxygen atoms in total. The van der Waals surface area contributed by atoms with Gasteiger partial charge >= 0.3 is 0 Å². The number of amides is 1. The van der Waals surface area contributed by atoms with E-state index in [4.69, 9.17) is 0 Å². The van der Waals surface area contributed by atoms with E-state index in [-0.39, 0.29) is 11.4 Å². The fraction of sp³-hybridized carbons (Fsp3) is 0.250. The van der Waals surface area contributed by atoms with Crippen LogP contribution >= 0.6 is 0 Å². The number of halogens is 1. The number of nitrogens with one attached hydrogen (secondary N) is 2. The van der Waals surface area contributed by atoms with Crippen molar-refractivity contribution in [2.75, 3.05) is 18.9 Å². The molecule has 0 radical (unpaired) electrons. The number of hydrogen-bond donors (Lipinski definition) is 2. The van der Waals surface area contributed by atoms with Crippen molar-refractivity contribution in [2.45, 2.75) is 6.54 Å². The number of nitrogens with zero attached hydrogens (tertiary/aromatic N) is 3. The van der Waals surface area contributed by atoms with E-state index in [9.17, 15) is 9.18 Å². The SMILES string of the molecule is CNc1nccc(C(=O)NCCn2cccn2)c1F. The van der Waals surface area contributed by atoms with Crippen molar-refractivity contribution in [3.8, 4) is 0 Å². The molecule has 0 bridgehead atoms. The molecule has 0 aliphatic carbocycles. The highest BCUT2D eigenvalue weighted by Crippen LogP contribution is 2.13. The van der Waals surface area contributed by atoms with E-state index in [1.165, 1.54) is 12.3 Å². The molecule has 0 saturated heterocycles. The molecule has 0 aliphatic heterocycles. The molecule has 2 aromatic heterocycles. The second-order valence-electron chi connectivity index (χ2n) is 3.80. The van der Waals surface area contributed by atoms with E-state index >= 15 is 0 Å². The third-order valence-corrected chi connectivity index (χ3v) is 2.56. The zero-order valence-electron chi connectivity index (χ0n) is 10.4. The Balaban J connectivity index is 1.96. The zero-order chi connectivity index (χ0) is 13.7. The van der Waals surface area contributed by atoms with Gasteiger partial charge in [-0.1, -0.05) is 0 Å². The monoisotopic (exact) mass is 263 g/mol. The van der Waals surface area contributed by atoms with Crippen molar-refractivity contribution in [3.05, 3.63) is 42.1 Å². The normalized spacial score (nSPS) is 10.2. The van der Waals surface area contributed by atoms with Crippen LogP contribution in [0.3, 0.4) is 0 Å². The minimum absolute atomic E-state index is 0.0279. The van der Waals surface area contributed by atoms with Crippen molar-refractivity contribution < 1.29 is 9.18 Å². The van der Waals surface area contributed by atoms with E-state index in [0.29, 0.717) is 13.1 Å². The lowest BCUT2D eigenvalue weighted by Gasteiger charge is -2.08. The van der Waals surface area contributed by atoms with E-state index in [2.05, 4.69) is 20.7 Å². The zero-order valence-corrected chi connectivity index (χ0v) is 10.4. The average molecular weight is 263 g/mol. The van der Waals surface area contributed by atoms with Crippen LogP contribution in [0.1, 0.15) is 10.4 Å². The summed E-state index contributed by atoms with van der Waals surface area (Å²) in [7, 11) is 1.55. The van der Waals surface area contributed by atoms with Gasteiger partial charge in [-0.2, -0.15) is 5.10 Å². The Morgan fingerprint density at radius 3 is 3.00 bits per heavy atom. The highest BCUT2D eigenvalue weighted by molar-refractivity contribution is 5.95. The predicted octanol–water partition coefficient (Wildman–Crippen LogP) is 0.889. The van der Waals surface area contributed by atoms with Gasteiger partial charge in [-0.15, -0.1) is 0 Å². The van der Waals surface area contributed by atoms with Gasteiger partial charge in [0.15, 0.2) is 11.6 Å². The topological polar surface area (TPSA) is 71.8 Å². The number of pyridine rings is 1. The molecular formula is C12H14FN5O. The molecule has 19 heavy (non-hydrogen) atoms. The summed E-state index contributed by atoms with van der Waals surface area (Å²) in [6.07, 6.45) is 4.83. The maximum absolute atomic E-state index is 13.8.